The summed E-state index contributed by atoms with van der Waals surface area (Å²) in [6, 6.07) is 1.01. The van der Waals surface area contributed by atoms with E-state index in [9.17, 15) is 13.2 Å². The molecule has 0 aliphatic carbocycles. The number of anilines is 1. The first-order valence-electron chi connectivity index (χ1n) is 4.50. The summed E-state index contributed by atoms with van der Waals surface area (Å²) in [5, 5.41) is 2.87. The maximum atomic E-state index is 13.3. The van der Waals surface area contributed by atoms with Gasteiger partial charge in [0.2, 0.25) is 0 Å². The Labute approximate surface area is 79.9 Å². The topological polar surface area (TPSA) is 12.0 Å². The fraction of sp³-hybridized carbons (Fsp3) is 0.400. The predicted molar refractivity (Wildman–Crippen MR) is 47.7 cm³/mol. The minimum absolute atomic E-state index is 0.238. The number of nitrogens with one attached hydrogen (secondary N) is 1. The molecule has 0 fully saturated rings. The molecule has 0 radical (unpaired) electrons. The molecule has 1 unspecified atom stereocenters. The number of rotatable bonds is 0. The number of hydrogen-bond donors (Lipinski definition) is 1. The van der Waals surface area contributed by atoms with Crippen molar-refractivity contribution in [1.82, 2.24) is 0 Å². The molecule has 0 amide bonds. The van der Waals surface area contributed by atoms with E-state index in [1.54, 1.807) is 0 Å². The van der Waals surface area contributed by atoms with Crippen molar-refractivity contribution < 1.29 is 13.2 Å². The molecule has 1 aliphatic rings. The van der Waals surface area contributed by atoms with Crippen molar-refractivity contribution in [3.8, 4) is 0 Å². The summed E-state index contributed by atoms with van der Waals surface area (Å²) < 4.78 is 38.9. The maximum absolute atomic E-state index is 13.3. The average molecular weight is 201 g/mol. The lowest BCUT2D eigenvalue weighted by atomic mass is 9.95. The van der Waals surface area contributed by atoms with Crippen LogP contribution in [0.4, 0.5) is 18.9 Å². The first-order valence-corrected chi connectivity index (χ1v) is 4.50. The van der Waals surface area contributed by atoms with Gasteiger partial charge in [-0.05, 0) is 12.3 Å². The minimum atomic E-state index is -1.38. The van der Waals surface area contributed by atoms with Gasteiger partial charge in [0.15, 0.2) is 17.5 Å². The molecule has 4 heteroatoms. The smallest absolute Gasteiger partial charge is 0.194 e. The summed E-state index contributed by atoms with van der Waals surface area (Å²) in [7, 11) is 0. The molecule has 0 aromatic heterocycles. The van der Waals surface area contributed by atoms with Crippen LogP contribution in [0.25, 0.3) is 0 Å². The van der Waals surface area contributed by atoms with Gasteiger partial charge in [0.25, 0.3) is 0 Å². The van der Waals surface area contributed by atoms with Crippen molar-refractivity contribution in [2.75, 3.05) is 11.9 Å². The number of halogens is 3. The van der Waals surface area contributed by atoms with Gasteiger partial charge in [-0.2, -0.15) is 0 Å². The van der Waals surface area contributed by atoms with Crippen LogP contribution in [0.1, 0.15) is 12.5 Å². The SMILES string of the molecule is CC1CNc2cc(F)c(F)c(F)c2C1. The Bertz CT molecular complexity index is 376. The highest BCUT2D eigenvalue weighted by atomic mass is 19.2. The second-order valence-corrected chi connectivity index (χ2v) is 3.70. The van der Waals surface area contributed by atoms with E-state index in [-0.39, 0.29) is 11.5 Å². The predicted octanol–water partition coefficient (Wildman–Crippen LogP) is 2.71. The molecule has 76 valence electrons. The lowest BCUT2D eigenvalue weighted by Crippen LogP contribution is -2.22. The first-order chi connectivity index (χ1) is 6.59. The molecule has 1 N–H and O–H groups in total. The zero-order valence-corrected chi connectivity index (χ0v) is 7.70. The third-order valence-electron chi connectivity index (χ3n) is 2.46. The van der Waals surface area contributed by atoms with Crippen LogP contribution in [-0.4, -0.2) is 6.54 Å². The van der Waals surface area contributed by atoms with Gasteiger partial charge in [-0.1, -0.05) is 6.92 Å². The summed E-state index contributed by atoms with van der Waals surface area (Å²) in [5.74, 6) is -3.33. The van der Waals surface area contributed by atoms with Crippen LogP contribution in [-0.2, 0) is 6.42 Å². The Morgan fingerprint density at radius 3 is 2.71 bits per heavy atom. The van der Waals surface area contributed by atoms with E-state index < -0.39 is 17.5 Å². The monoisotopic (exact) mass is 201 g/mol. The molecule has 1 nitrogen and oxygen atoms in total. The summed E-state index contributed by atoms with van der Waals surface area (Å²) in [6.45, 7) is 2.59. The van der Waals surface area contributed by atoms with Gasteiger partial charge in [-0.15, -0.1) is 0 Å². The molecular weight excluding hydrogens is 191 g/mol. The van der Waals surface area contributed by atoms with Crippen LogP contribution in [0, 0.1) is 23.4 Å². The molecule has 0 saturated heterocycles. The second kappa shape index (κ2) is 3.19. The van der Waals surface area contributed by atoms with E-state index in [4.69, 9.17) is 0 Å². The number of benzene rings is 1. The van der Waals surface area contributed by atoms with Crippen LogP contribution >= 0.6 is 0 Å². The lowest BCUT2D eigenvalue weighted by molar-refractivity contribution is 0.433. The Hall–Kier alpha value is -1.19. The van der Waals surface area contributed by atoms with Gasteiger partial charge in [-0.3, -0.25) is 0 Å². The minimum Gasteiger partial charge on any atom is -0.384 e. The van der Waals surface area contributed by atoms with Crippen LogP contribution in [0.5, 0.6) is 0 Å². The van der Waals surface area contributed by atoms with E-state index in [0.717, 1.165) is 6.07 Å². The molecule has 1 atom stereocenters. The largest absolute Gasteiger partial charge is 0.384 e. The Morgan fingerprint density at radius 1 is 1.29 bits per heavy atom. The molecule has 0 bridgehead atoms. The normalized spacial score (nSPS) is 20.1. The van der Waals surface area contributed by atoms with E-state index in [2.05, 4.69) is 5.32 Å². The first kappa shape index (κ1) is 9.37. The fourth-order valence-corrected chi connectivity index (χ4v) is 1.69. The van der Waals surface area contributed by atoms with Gasteiger partial charge in [0.05, 0.1) is 0 Å². The Morgan fingerprint density at radius 2 is 2.00 bits per heavy atom. The van der Waals surface area contributed by atoms with Crippen LogP contribution in [0.3, 0.4) is 0 Å². The van der Waals surface area contributed by atoms with Gasteiger partial charge in [-0.25, -0.2) is 13.2 Å². The Balaban J connectivity index is 2.55. The van der Waals surface area contributed by atoms with Crippen molar-refractivity contribution in [2.45, 2.75) is 13.3 Å². The quantitative estimate of drug-likeness (QED) is 0.636. The molecule has 1 aromatic carbocycles. The zero-order valence-electron chi connectivity index (χ0n) is 7.70. The molecule has 1 aliphatic heterocycles. The van der Waals surface area contributed by atoms with Gasteiger partial charge < -0.3 is 5.32 Å². The van der Waals surface area contributed by atoms with Gasteiger partial charge in [0, 0.05) is 23.9 Å². The van der Waals surface area contributed by atoms with Crippen LogP contribution in [0.15, 0.2) is 6.07 Å². The average Bonchev–Trinajstić information content (AvgIpc) is 2.16. The highest BCUT2D eigenvalue weighted by Crippen LogP contribution is 2.29. The number of fused-ring (bicyclic) bond motifs is 1. The second-order valence-electron chi connectivity index (χ2n) is 3.70. The standard InChI is InChI=1S/C10H10F3N/c1-5-2-6-8(14-4-5)3-7(11)10(13)9(6)12/h3,5,14H,2,4H2,1H3. The highest BCUT2D eigenvalue weighted by molar-refractivity contribution is 5.54. The van der Waals surface area contributed by atoms with E-state index in [1.807, 2.05) is 6.92 Å². The third kappa shape index (κ3) is 1.35. The summed E-state index contributed by atoms with van der Waals surface area (Å²) in [6.07, 6.45) is 0.450. The number of hydrogen-bond acceptors (Lipinski definition) is 1. The van der Waals surface area contributed by atoms with Crippen molar-refractivity contribution in [2.24, 2.45) is 5.92 Å². The maximum Gasteiger partial charge on any atom is 0.194 e. The summed E-state index contributed by atoms with van der Waals surface area (Å²) in [4.78, 5) is 0. The van der Waals surface area contributed by atoms with E-state index in [0.29, 0.717) is 18.7 Å². The van der Waals surface area contributed by atoms with E-state index in [1.165, 1.54) is 0 Å². The highest BCUT2D eigenvalue weighted by Gasteiger charge is 2.23. The lowest BCUT2D eigenvalue weighted by Gasteiger charge is -2.23. The zero-order chi connectivity index (χ0) is 10.3. The van der Waals surface area contributed by atoms with E-state index >= 15 is 0 Å². The molecule has 0 saturated carbocycles. The molecule has 14 heavy (non-hydrogen) atoms. The van der Waals surface area contributed by atoms with Crippen LogP contribution < -0.4 is 5.32 Å². The van der Waals surface area contributed by atoms with Crippen molar-refractivity contribution in [1.29, 1.82) is 0 Å². The molecule has 1 heterocycles. The van der Waals surface area contributed by atoms with Crippen LogP contribution in [0.2, 0.25) is 0 Å². The third-order valence-corrected chi connectivity index (χ3v) is 2.46. The van der Waals surface area contributed by atoms with Crippen molar-refractivity contribution >= 4 is 5.69 Å². The molecule has 1 aromatic rings. The summed E-state index contributed by atoms with van der Waals surface area (Å²) in [5.41, 5.74) is 0.627. The molecule has 0 spiro atoms. The molecule has 2 rings (SSSR count). The fourth-order valence-electron chi connectivity index (χ4n) is 1.69. The summed E-state index contributed by atoms with van der Waals surface area (Å²) >= 11 is 0. The van der Waals surface area contributed by atoms with Crippen molar-refractivity contribution in [3.63, 3.8) is 0 Å². The van der Waals surface area contributed by atoms with Crippen molar-refractivity contribution in [3.05, 3.63) is 29.1 Å². The van der Waals surface area contributed by atoms with Gasteiger partial charge >= 0.3 is 0 Å². The molecular formula is C10H10F3N. The van der Waals surface area contributed by atoms with Gasteiger partial charge in [0.1, 0.15) is 0 Å². The Kier molecular flexibility index (Phi) is 2.13.